The van der Waals surface area contributed by atoms with Gasteiger partial charge in [0.1, 0.15) is 11.9 Å². The van der Waals surface area contributed by atoms with E-state index >= 15 is 0 Å². The number of fused-ring (bicyclic) bond motifs is 1. The Morgan fingerprint density at radius 2 is 1.77 bits per heavy atom. The summed E-state index contributed by atoms with van der Waals surface area (Å²) in [5.74, 6) is 2.17. The number of hydrogen-bond acceptors (Lipinski definition) is 3. The van der Waals surface area contributed by atoms with Crippen molar-refractivity contribution in [3.8, 4) is 18.0 Å². The van der Waals surface area contributed by atoms with E-state index < -0.39 is 12.0 Å². The third-order valence-electron chi connectivity index (χ3n) is 6.28. The SMILES string of the molecule is C#Cc1ccc([C@H]2c3c(C)nn(-c4ccccc4)c3NC(=O)[C@H]2NC(=O)c2cccc(C)c2)cc1. The van der Waals surface area contributed by atoms with Gasteiger partial charge in [0, 0.05) is 22.6 Å². The van der Waals surface area contributed by atoms with Gasteiger partial charge in [-0.3, -0.25) is 9.59 Å². The summed E-state index contributed by atoms with van der Waals surface area (Å²) in [4.78, 5) is 26.7. The van der Waals surface area contributed by atoms with Crippen molar-refractivity contribution in [3.63, 3.8) is 0 Å². The van der Waals surface area contributed by atoms with Crippen LogP contribution in [0.4, 0.5) is 5.82 Å². The molecule has 172 valence electrons. The number of terminal acetylenes is 1. The number of benzene rings is 3. The van der Waals surface area contributed by atoms with Crippen LogP contribution in [-0.4, -0.2) is 27.6 Å². The zero-order valence-electron chi connectivity index (χ0n) is 19.4. The molecule has 1 aliphatic heterocycles. The molecule has 1 aromatic heterocycles. The lowest BCUT2D eigenvalue weighted by Crippen LogP contribution is -2.50. The minimum absolute atomic E-state index is 0.304. The van der Waals surface area contributed by atoms with Crippen LogP contribution in [0.15, 0.2) is 78.9 Å². The third kappa shape index (κ3) is 4.09. The number of nitrogens with zero attached hydrogens (tertiary/aromatic N) is 2. The van der Waals surface area contributed by atoms with Gasteiger partial charge in [-0.05, 0) is 55.8 Å². The molecule has 0 saturated heterocycles. The molecule has 5 rings (SSSR count). The predicted octanol–water partition coefficient (Wildman–Crippen LogP) is 4.35. The van der Waals surface area contributed by atoms with Gasteiger partial charge >= 0.3 is 0 Å². The van der Waals surface area contributed by atoms with Crippen LogP contribution in [0.5, 0.6) is 0 Å². The molecule has 1 aliphatic rings. The first-order valence-electron chi connectivity index (χ1n) is 11.4. The van der Waals surface area contributed by atoms with Crippen molar-refractivity contribution in [1.82, 2.24) is 15.1 Å². The predicted molar refractivity (Wildman–Crippen MR) is 136 cm³/mol. The summed E-state index contributed by atoms with van der Waals surface area (Å²) in [7, 11) is 0. The van der Waals surface area contributed by atoms with Gasteiger partial charge in [-0.1, -0.05) is 53.9 Å². The lowest BCUT2D eigenvalue weighted by molar-refractivity contribution is -0.118. The summed E-state index contributed by atoms with van der Waals surface area (Å²) in [5, 5.41) is 10.7. The third-order valence-corrected chi connectivity index (χ3v) is 6.28. The zero-order chi connectivity index (χ0) is 24.5. The van der Waals surface area contributed by atoms with Crippen molar-refractivity contribution < 1.29 is 9.59 Å². The Labute approximate surface area is 204 Å². The van der Waals surface area contributed by atoms with E-state index in [1.54, 1.807) is 16.8 Å². The van der Waals surface area contributed by atoms with Crippen LogP contribution in [0.1, 0.15) is 44.2 Å². The molecule has 0 spiro atoms. The number of nitrogens with one attached hydrogen (secondary N) is 2. The number of anilines is 1. The van der Waals surface area contributed by atoms with Crippen molar-refractivity contribution in [3.05, 3.63) is 112 Å². The molecule has 4 aromatic rings. The van der Waals surface area contributed by atoms with Crippen molar-refractivity contribution in [2.75, 3.05) is 5.32 Å². The van der Waals surface area contributed by atoms with E-state index in [9.17, 15) is 9.59 Å². The van der Waals surface area contributed by atoms with Crippen LogP contribution in [0.3, 0.4) is 0 Å². The number of rotatable bonds is 4. The van der Waals surface area contributed by atoms with E-state index in [-0.39, 0.29) is 11.8 Å². The van der Waals surface area contributed by atoms with Gasteiger partial charge in [0.05, 0.1) is 11.4 Å². The van der Waals surface area contributed by atoms with Crippen molar-refractivity contribution in [1.29, 1.82) is 0 Å². The fourth-order valence-corrected chi connectivity index (χ4v) is 4.61. The average Bonchev–Trinajstić information content (AvgIpc) is 3.20. The average molecular weight is 461 g/mol. The number of aryl methyl sites for hydroxylation is 2. The summed E-state index contributed by atoms with van der Waals surface area (Å²) in [6.07, 6.45) is 5.55. The highest BCUT2D eigenvalue weighted by Crippen LogP contribution is 2.40. The maximum atomic E-state index is 13.5. The zero-order valence-corrected chi connectivity index (χ0v) is 19.4. The topological polar surface area (TPSA) is 76.0 Å². The maximum Gasteiger partial charge on any atom is 0.251 e. The van der Waals surface area contributed by atoms with Gasteiger partial charge in [0.15, 0.2) is 0 Å². The molecule has 2 amide bonds. The lowest BCUT2D eigenvalue weighted by atomic mass is 9.81. The number of carbonyl (C=O) groups is 2. The van der Waals surface area contributed by atoms with Crippen LogP contribution in [0.2, 0.25) is 0 Å². The summed E-state index contributed by atoms with van der Waals surface area (Å²) >= 11 is 0. The first-order valence-corrected chi connectivity index (χ1v) is 11.4. The summed E-state index contributed by atoms with van der Waals surface area (Å²) in [5.41, 5.74) is 5.54. The fraction of sp³-hybridized carbons (Fsp3) is 0.138. The van der Waals surface area contributed by atoms with Crippen LogP contribution < -0.4 is 10.6 Å². The van der Waals surface area contributed by atoms with Crippen molar-refractivity contribution in [2.24, 2.45) is 0 Å². The first-order chi connectivity index (χ1) is 17.0. The summed E-state index contributed by atoms with van der Waals surface area (Å²) in [6.45, 7) is 3.84. The highest BCUT2D eigenvalue weighted by molar-refractivity contribution is 6.04. The smallest absolute Gasteiger partial charge is 0.251 e. The van der Waals surface area contributed by atoms with Crippen molar-refractivity contribution in [2.45, 2.75) is 25.8 Å². The lowest BCUT2D eigenvalue weighted by Gasteiger charge is -2.33. The fourth-order valence-electron chi connectivity index (χ4n) is 4.61. The Hall–Kier alpha value is -4.63. The Bertz CT molecular complexity index is 1460. The quantitative estimate of drug-likeness (QED) is 0.445. The van der Waals surface area contributed by atoms with Gasteiger partial charge in [0.2, 0.25) is 5.91 Å². The second-order valence-electron chi connectivity index (χ2n) is 8.65. The second kappa shape index (κ2) is 8.96. The minimum Gasteiger partial charge on any atom is -0.339 e. The molecule has 2 heterocycles. The molecule has 2 atom stereocenters. The maximum absolute atomic E-state index is 13.5. The number of hydrogen-bond donors (Lipinski definition) is 2. The number of aromatic nitrogens is 2. The molecule has 0 fully saturated rings. The van der Waals surface area contributed by atoms with E-state index in [0.717, 1.165) is 33.6 Å². The van der Waals surface area contributed by atoms with Gasteiger partial charge in [-0.25, -0.2) is 4.68 Å². The standard InChI is InChI=1S/C29H24N4O2/c1-4-20-13-15-21(16-14-20)25-24-19(3)32-33(23-11-6-5-7-12-23)27(24)31-29(35)26(25)30-28(34)22-10-8-9-18(2)17-22/h1,5-17,25-26H,2-3H3,(H,30,34)(H,31,35)/t25-,26-/m0/s1. The molecule has 2 N–H and O–H groups in total. The molecule has 0 aliphatic carbocycles. The van der Waals surface area contributed by atoms with Crippen LogP contribution in [0, 0.1) is 26.2 Å². The van der Waals surface area contributed by atoms with Crippen molar-refractivity contribution >= 4 is 17.6 Å². The molecule has 0 saturated carbocycles. The van der Waals surface area contributed by atoms with Gasteiger partial charge in [-0.15, -0.1) is 6.42 Å². The Morgan fingerprint density at radius 1 is 1.03 bits per heavy atom. The van der Waals surface area contributed by atoms with E-state index in [0.29, 0.717) is 11.4 Å². The normalized spacial score (nSPS) is 16.7. The molecule has 0 radical (unpaired) electrons. The number of para-hydroxylation sites is 1. The summed E-state index contributed by atoms with van der Waals surface area (Å²) < 4.78 is 1.74. The van der Waals surface area contributed by atoms with Gasteiger partial charge in [-0.2, -0.15) is 5.10 Å². The molecule has 0 bridgehead atoms. The highest BCUT2D eigenvalue weighted by atomic mass is 16.2. The van der Waals surface area contributed by atoms with Gasteiger partial charge < -0.3 is 10.6 Å². The molecular weight excluding hydrogens is 436 g/mol. The molecule has 6 nitrogen and oxygen atoms in total. The van der Waals surface area contributed by atoms with Crippen LogP contribution >= 0.6 is 0 Å². The largest absolute Gasteiger partial charge is 0.339 e. The van der Waals surface area contributed by atoms with Gasteiger partial charge in [0.25, 0.3) is 5.91 Å². The van der Waals surface area contributed by atoms with E-state index in [1.807, 2.05) is 80.6 Å². The molecular formula is C29H24N4O2. The minimum atomic E-state index is -0.834. The Morgan fingerprint density at radius 3 is 2.46 bits per heavy atom. The van der Waals surface area contributed by atoms with Crippen LogP contribution in [0.25, 0.3) is 5.69 Å². The molecule has 0 unspecified atom stereocenters. The Balaban J connectivity index is 1.62. The summed E-state index contributed by atoms with van der Waals surface area (Å²) in [6, 6.07) is 23.6. The molecule has 3 aromatic carbocycles. The Kier molecular flexibility index (Phi) is 5.68. The monoisotopic (exact) mass is 460 g/mol. The molecule has 6 heteroatoms. The van der Waals surface area contributed by atoms with E-state index in [2.05, 4.69) is 16.6 Å². The molecule has 35 heavy (non-hydrogen) atoms. The number of carbonyl (C=O) groups excluding carboxylic acids is 2. The van der Waals surface area contributed by atoms with E-state index in [1.165, 1.54) is 0 Å². The second-order valence-corrected chi connectivity index (χ2v) is 8.65. The van der Waals surface area contributed by atoms with Crippen LogP contribution in [-0.2, 0) is 4.79 Å². The first kappa shape index (κ1) is 22.2. The van der Waals surface area contributed by atoms with E-state index in [4.69, 9.17) is 11.5 Å². The number of amides is 2. The highest BCUT2D eigenvalue weighted by Gasteiger charge is 2.41.